The van der Waals surface area contributed by atoms with E-state index in [0.29, 0.717) is 19.3 Å². The van der Waals surface area contributed by atoms with Gasteiger partial charge >= 0.3 is 0 Å². The summed E-state index contributed by atoms with van der Waals surface area (Å²) >= 11 is 0. The van der Waals surface area contributed by atoms with E-state index in [-0.39, 0.29) is 12.8 Å². The minimum absolute atomic E-state index is 0.238. The van der Waals surface area contributed by atoms with E-state index in [4.69, 9.17) is 9.47 Å². The minimum Gasteiger partial charge on any atom is -0.394 e. The molecule has 350 valence electrons. The lowest BCUT2D eigenvalue weighted by Crippen LogP contribution is -2.60. The van der Waals surface area contributed by atoms with Crippen LogP contribution in [0.5, 0.6) is 0 Å². The number of amides is 1. The van der Waals surface area contributed by atoms with Crippen LogP contribution in [0.3, 0.4) is 0 Å². The number of allylic oxidation sites excluding steroid dienone is 8. The van der Waals surface area contributed by atoms with Gasteiger partial charge in [-0.1, -0.05) is 152 Å². The van der Waals surface area contributed by atoms with Gasteiger partial charge in [0, 0.05) is 0 Å². The van der Waals surface area contributed by atoms with Crippen LogP contribution >= 0.6 is 0 Å². The molecule has 0 radical (unpaired) electrons. The van der Waals surface area contributed by atoms with Crippen molar-refractivity contribution in [1.29, 1.82) is 0 Å². The van der Waals surface area contributed by atoms with Crippen molar-refractivity contribution in [3.63, 3.8) is 0 Å². The van der Waals surface area contributed by atoms with Crippen LogP contribution in [0.2, 0.25) is 0 Å². The minimum atomic E-state index is -1.67. The quantitative estimate of drug-likeness (QED) is 0.0221. The molecule has 0 spiro atoms. The van der Waals surface area contributed by atoms with Crippen molar-refractivity contribution in [1.82, 2.24) is 5.32 Å². The number of aliphatic hydroxyl groups excluding tert-OH is 7. The molecule has 0 aromatic rings. The van der Waals surface area contributed by atoms with Gasteiger partial charge in [0.2, 0.25) is 5.91 Å². The van der Waals surface area contributed by atoms with Crippen molar-refractivity contribution < 1.29 is 50.0 Å². The molecule has 8 N–H and O–H groups in total. The molecule has 9 atom stereocenters. The van der Waals surface area contributed by atoms with Crippen LogP contribution in [0, 0.1) is 0 Å². The first-order chi connectivity index (χ1) is 29.2. The SMILES string of the molecule is CCCC/C=C/CC/C=C/CC/C=C/CCCC(O)C(O)C(COC1OC(CO)C(O)C(O)C1O)NC(=O)C(O)CCCCCCCC/C=C\CCCCCCCCCC. The maximum Gasteiger partial charge on any atom is 0.249 e. The third kappa shape index (κ3) is 27.9. The van der Waals surface area contributed by atoms with Gasteiger partial charge in [0.15, 0.2) is 6.29 Å². The second-order valence-corrected chi connectivity index (χ2v) is 16.8. The highest BCUT2D eigenvalue weighted by atomic mass is 16.7. The fraction of sp³-hybridized carbons (Fsp3) is 0.816. The van der Waals surface area contributed by atoms with Gasteiger partial charge in [0.25, 0.3) is 0 Å². The molecule has 1 fully saturated rings. The van der Waals surface area contributed by atoms with Gasteiger partial charge < -0.3 is 50.5 Å². The lowest BCUT2D eigenvalue weighted by atomic mass is 9.98. The van der Waals surface area contributed by atoms with E-state index in [0.717, 1.165) is 70.6 Å². The summed E-state index contributed by atoms with van der Waals surface area (Å²) in [6, 6.07) is -1.20. The van der Waals surface area contributed by atoms with Crippen LogP contribution in [-0.2, 0) is 14.3 Å². The largest absolute Gasteiger partial charge is 0.394 e. The Morgan fingerprint density at radius 3 is 1.53 bits per heavy atom. The highest BCUT2D eigenvalue weighted by Gasteiger charge is 2.44. The molecule has 0 saturated carbocycles. The first-order valence-corrected chi connectivity index (χ1v) is 24.0. The Morgan fingerprint density at radius 1 is 0.567 bits per heavy atom. The molecular formula is C49H89NO10. The molecule has 60 heavy (non-hydrogen) atoms. The molecule has 1 amide bonds. The topological polar surface area (TPSA) is 189 Å². The number of nitrogens with one attached hydrogen (secondary N) is 1. The average molecular weight is 852 g/mol. The predicted octanol–water partition coefficient (Wildman–Crippen LogP) is 8.17. The number of ether oxygens (including phenoxy) is 2. The van der Waals surface area contributed by atoms with Gasteiger partial charge in [-0.25, -0.2) is 0 Å². The van der Waals surface area contributed by atoms with Crippen molar-refractivity contribution in [3.8, 4) is 0 Å². The summed E-state index contributed by atoms with van der Waals surface area (Å²) in [5.41, 5.74) is 0. The Bertz CT molecular complexity index is 1110. The average Bonchev–Trinajstić information content (AvgIpc) is 3.25. The molecule has 11 nitrogen and oxygen atoms in total. The van der Waals surface area contributed by atoms with Crippen molar-refractivity contribution in [2.75, 3.05) is 13.2 Å². The number of carbonyl (C=O) groups excluding carboxylic acids is 1. The Balaban J connectivity index is 2.47. The summed E-state index contributed by atoms with van der Waals surface area (Å²) in [6.07, 6.45) is 34.4. The summed E-state index contributed by atoms with van der Waals surface area (Å²) < 4.78 is 11.1. The number of unbranched alkanes of at least 4 members (excludes halogenated alkanes) is 19. The third-order valence-electron chi connectivity index (χ3n) is 11.3. The smallest absolute Gasteiger partial charge is 0.249 e. The van der Waals surface area contributed by atoms with Gasteiger partial charge in [-0.2, -0.15) is 0 Å². The van der Waals surface area contributed by atoms with E-state index in [9.17, 15) is 40.5 Å². The molecule has 1 heterocycles. The molecule has 11 heteroatoms. The van der Waals surface area contributed by atoms with Crippen LogP contribution in [0.4, 0.5) is 0 Å². The molecular weight excluding hydrogens is 763 g/mol. The maximum atomic E-state index is 13.1. The van der Waals surface area contributed by atoms with Crippen LogP contribution in [-0.4, -0.2) is 110 Å². The molecule has 0 aliphatic carbocycles. The van der Waals surface area contributed by atoms with Gasteiger partial charge in [0.1, 0.15) is 36.6 Å². The van der Waals surface area contributed by atoms with Gasteiger partial charge in [-0.05, 0) is 83.5 Å². The van der Waals surface area contributed by atoms with Crippen molar-refractivity contribution in [2.45, 2.75) is 242 Å². The summed E-state index contributed by atoms with van der Waals surface area (Å²) in [4.78, 5) is 13.1. The molecule has 1 aliphatic rings. The normalized spacial score (nSPS) is 22.1. The maximum absolute atomic E-state index is 13.1. The molecule has 9 unspecified atom stereocenters. The number of hydrogen-bond donors (Lipinski definition) is 8. The molecule has 1 aliphatic heterocycles. The highest BCUT2D eigenvalue weighted by Crippen LogP contribution is 2.23. The first kappa shape index (κ1) is 56.1. The Morgan fingerprint density at radius 2 is 1.02 bits per heavy atom. The zero-order valence-corrected chi connectivity index (χ0v) is 37.7. The van der Waals surface area contributed by atoms with Crippen molar-refractivity contribution >= 4 is 5.91 Å². The molecule has 0 bridgehead atoms. The number of rotatable bonds is 39. The Labute approximate surface area is 364 Å². The zero-order chi connectivity index (χ0) is 44.1. The third-order valence-corrected chi connectivity index (χ3v) is 11.3. The van der Waals surface area contributed by atoms with Gasteiger partial charge in [0.05, 0.1) is 25.4 Å². The second-order valence-electron chi connectivity index (χ2n) is 16.8. The lowest BCUT2D eigenvalue weighted by molar-refractivity contribution is -0.303. The van der Waals surface area contributed by atoms with Crippen molar-refractivity contribution in [2.24, 2.45) is 0 Å². The van der Waals surface area contributed by atoms with E-state index in [1.165, 1.54) is 70.6 Å². The molecule has 0 aromatic heterocycles. The predicted molar refractivity (Wildman–Crippen MR) is 242 cm³/mol. The van der Waals surface area contributed by atoms with Crippen LogP contribution in [0.15, 0.2) is 48.6 Å². The van der Waals surface area contributed by atoms with Crippen LogP contribution in [0.25, 0.3) is 0 Å². The van der Waals surface area contributed by atoms with Crippen molar-refractivity contribution in [3.05, 3.63) is 48.6 Å². The van der Waals surface area contributed by atoms with Gasteiger partial charge in [-0.15, -0.1) is 0 Å². The monoisotopic (exact) mass is 852 g/mol. The second kappa shape index (κ2) is 38.7. The van der Waals surface area contributed by atoms with Gasteiger partial charge in [-0.3, -0.25) is 4.79 Å². The van der Waals surface area contributed by atoms with E-state index >= 15 is 0 Å². The van der Waals surface area contributed by atoms with E-state index in [1.54, 1.807) is 0 Å². The molecule has 1 rings (SSSR count). The summed E-state index contributed by atoms with van der Waals surface area (Å²) in [5.74, 6) is -0.720. The number of carbonyl (C=O) groups is 1. The summed E-state index contributed by atoms with van der Waals surface area (Å²) in [5, 5.41) is 75.7. The van der Waals surface area contributed by atoms with Crippen LogP contribution in [0.1, 0.15) is 187 Å². The number of hydrogen-bond acceptors (Lipinski definition) is 10. The fourth-order valence-corrected chi connectivity index (χ4v) is 7.28. The Hall–Kier alpha value is -1.93. The van der Waals surface area contributed by atoms with E-state index in [2.05, 4.69) is 67.8 Å². The standard InChI is InChI=1S/C49H89NO10/c1-3-5-7-9-11-13-15-17-19-20-21-23-25-27-29-31-33-35-37-42(53)48(58)50-40(39-59-49-47(57)46(56)45(55)43(38-51)60-49)44(54)41(52)36-34-32-30-28-26-24-22-18-16-14-12-10-8-6-4-2/h10,12,18,20-22,28,30,40-47,49,51-57H,3-9,11,13-17,19,23-27,29,31-39H2,1-2H3,(H,50,58)/b12-10+,21-20-,22-18+,30-28+. The number of aliphatic hydroxyl groups is 7. The Kier molecular flexibility index (Phi) is 36.2. The van der Waals surface area contributed by atoms with E-state index in [1.807, 2.05) is 0 Å². The summed E-state index contributed by atoms with van der Waals surface area (Å²) in [6.45, 7) is 3.36. The first-order valence-electron chi connectivity index (χ1n) is 24.0. The molecule has 0 aromatic carbocycles. The lowest BCUT2D eigenvalue weighted by Gasteiger charge is -2.40. The highest BCUT2D eigenvalue weighted by molar-refractivity contribution is 5.80. The fourth-order valence-electron chi connectivity index (χ4n) is 7.28. The van der Waals surface area contributed by atoms with E-state index < -0.39 is 74.2 Å². The molecule has 1 saturated heterocycles. The summed E-state index contributed by atoms with van der Waals surface area (Å²) in [7, 11) is 0. The van der Waals surface area contributed by atoms with Crippen LogP contribution < -0.4 is 5.32 Å². The zero-order valence-electron chi connectivity index (χ0n) is 37.7.